The summed E-state index contributed by atoms with van der Waals surface area (Å²) in [6, 6.07) is 13.6. The van der Waals surface area contributed by atoms with E-state index in [4.69, 9.17) is 4.74 Å². The highest BCUT2D eigenvalue weighted by Gasteiger charge is 2.24. The van der Waals surface area contributed by atoms with Gasteiger partial charge in [0.15, 0.2) is 0 Å². The predicted octanol–water partition coefficient (Wildman–Crippen LogP) is 2.69. The minimum atomic E-state index is -0.322. The summed E-state index contributed by atoms with van der Waals surface area (Å²) in [4.78, 5) is 23.7. The molecule has 4 aromatic rings. The van der Waals surface area contributed by atoms with Crippen LogP contribution in [0.5, 0.6) is 11.9 Å². The molecule has 0 bridgehead atoms. The maximum atomic E-state index is 13.3. The fraction of sp³-hybridized carbons (Fsp3) is 0.273. The van der Waals surface area contributed by atoms with E-state index in [1.807, 2.05) is 36.4 Å². The van der Waals surface area contributed by atoms with Crippen LogP contribution in [-0.4, -0.2) is 61.6 Å². The molecule has 1 N–H and O–H groups in total. The van der Waals surface area contributed by atoms with Crippen molar-refractivity contribution >= 4 is 22.2 Å². The van der Waals surface area contributed by atoms with E-state index in [1.54, 1.807) is 6.07 Å². The van der Waals surface area contributed by atoms with Gasteiger partial charge in [-0.3, -0.25) is 4.79 Å². The van der Waals surface area contributed by atoms with Gasteiger partial charge < -0.3 is 14.7 Å². The number of likely N-dealkylation sites (N-methyl/N-ethyl adjacent to an activating group) is 1. The third kappa shape index (κ3) is 3.15. The van der Waals surface area contributed by atoms with Crippen LogP contribution in [0, 0.1) is 0 Å². The van der Waals surface area contributed by atoms with Crippen molar-refractivity contribution in [3.05, 3.63) is 59.9 Å². The number of carbonyl (C=O) groups is 1. The standard InChI is InChI=1S/C22H21N5O3/c1-26-11-5-8-15(26)13-30-22-24-21(29)20-23-12-18(27(20)25-22)19(28)17-10-4-7-14-6-2-3-9-16(14)17/h2-4,6-7,9-10,12,15H,5,8,11,13H2,1H3,(H,24,25,29)/t15-/m0/s1. The van der Waals surface area contributed by atoms with Crippen LogP contribution in [0.4, 0.5) is 0 Å². The second kappa shape index (κ2) is 7.38. The van der Waals surface area contributed by atoms with Crippen molar-refractivity contribution in [1.29, 1.82) is 0 Å². The second-order valence-electron chi connectivity index (χ2n) is 7.54. The SMILES string of the molecule is CN1CCC[C@H]1COc1nc(O)c2ncc(C(=O)c3cccc4ccccc34)n2n1. The van der Waals surface area contributed by atoms with Crippen LogP contribution < -0.4 is 4.74 Å². The van der Waals surface area contributed by atoms with Gasteiger partial charge in [-0.05, 0) is 37.2 Å². The normalized spacial score (nSPS) is 17.0. The Morgan fingerprint density at radius 2 is 2.07 bits per heavy atom. The molecule has 0 spiro atoms. The van der Waals surface area contributed by atoms with E-state index in [0.717, 1.165) is 30.2 Å². The number of fused-ring (bicyclic) bond motifs is 2. The Hall–Kier alpha value is -3.52. The van der Waals surface area contributed by atoms with E-state index in [2.05, 4.69) is 27.0 Å². The number of ketones is 1. The number of hydrogen-bond acceptors (Lipinski definition) is 7. The fourth-order valence-corrected chi connectivity index (χ4v) is 3.99. The third-order valence-electron chi connectivity index (χ3n) is 5.67. The molecule has 3 heterocycles. The predicted molar refractivity (Wildman–Crippen MR) is 111 cm³/mol. The van der Waals surface area contributed by atoms with Gasteiger partial charge in [0.05, 0.1) is 6.20 Å². The molecule has 2 aromatic heterocycles. The highest BCUT2D eigenvalue weighted by molar-refractivity contribution is 6.15. The summed E-state index contributed by atoms with van der Waals surface area (Å²) in [7, 11) is 2.05. The van der Waals surface area contributed by atoms with Gasteiger partial charge in [-0.15, -0.1) is 5.10 Å². The van der Waals surface area contributed by atoms with Gasteiger partial charge in [0.1, 0.15) is 12.3 Å². The minimum absolute atomic E-state index is 0.0188. The first-order chi connectivity index (χ1) is 14.6. The largest absolute Gasteiger partial charge is 0.490 e. The molecule has 1 saturated heterocycles. The van der Waals surface area contributed by atoms with Gasteiger partial charge in [0, 0.05) is 11.6 Å². The molecule has 0 aliphatic carbocycles. The molecule has 8 heteroatoms. The lowest BCUT2D eigenvalue weighted by Gasteiger charge is -2.18. The minimum Gasteiger partial charge on any atom is -0.490 e. The Morgan fingerprint density at radius 3 is 2.90 bits per heavy atom. The molecule has 0 unspecified atom stereocenters. The van der Waals surface area contributed by atoms with Crippen molar-refractivity contribution in [1.82, 2.24) is 24.5 Å². The molecule has 0 amide bonds. The van der Waals surface area contributed by atoms with Gasteiger partial charge in [0.25, 0.3) is 5.88 Å². The van der Waals surface area contributed by atoms with Crippen molar-refractivity contribution in [2.75, 3.05) is 20.2 Å². The van der Waals surface area contributed by atoms with E-state index < -0.39 is 0 Å². The average molecular weight is 403 g/mol. The van der Waals surface area contributed by atoms with Crippen molar-refractivity contribution < 1.29 is 14.6 Å². The molecule has 8 nitrogen and oxygen atoms in total. The molecular weight excluding hydrogens is 382 g/mol. The Kier molecular flexibility index (Phi) is 4.55. The van der Waals surface area contributed by atoms with Gasteiger partial charge in [0.2, 0.25) is 11.4 Å². The van der Waals surface area contributed by atoms with Gasteiger partial charge in [-0.25, -0.2) is 4.98 Å². The van der Waals surface area contributed by atoms with Crippen LogP contribution in [0.1, 0.15) is 28.9 Å². The molecule has 152 valence electrons. The smallest absolute Gasteiger partial charge is 0.337 e. The summed E-state index contributed by atoms with van der Waals surface area (Å²) in [6.45, 7) is 1.45. The zero-order chi connectivity index (χ0) is 20.7. The Bertz CT molecular complexity index is 1250. The number of carbonyl (C=O) groups excluding carboxylic acids is 1. The van der Waals surface area contributed by atoms with Crippen molar-refractivity contribution in [2.45, 2.75) is 18.9 Å². The summed E-state index contributed by atoms with van der Waals surface area (Å²) in [5.74, 6) is -0.560. The maximum absolute atomic E-state index is 13.3. The zero-order valence-corrected chi connectivity index (χ0v) is 16.5. The van der Waals surface area contributed by atoms with Crippen LogP contribution in [0.25, 0.3) is 16.4 Å². The number of benzene rings is 2. The van der Waals surface area contributed by atoms with Gasteiger partial charge in [-0.2, -0.15) is 9.50 Å². The lowest BCUT2D eigenvalue weighted by molar-refractivity contribution is 0.103. The van der Waals surface area contributed by atoms with Crippen molar-refractivity contribution in [2.24, 2.45) is 0 Å². The molecule has 0 radical (unpaired) electrons. The Balaban J connectivity index is 1.51. The van der Waals surface area contributed by atoms with Crippen LogP contribution in [-0.2, 0) is 0 Å². The highest BCUT2D eigenvalue weighted by atomic mass is 16.5. The molecule has 30 heavy (non-hydrogen) atoms. The monoisotopic (exact) mass is 403 g/mol. The second-order valence-corrected chi connectivity index (χ2v) is 7.54. The maximum Gasteiger partial charge on any atom is 0.337 e. The lowest BCUT2D eigenvalue weighted by Crippen LogP contribution is -2.31. The van der Waals surface area contributed by atoms with Crippen molar-refractivity contribution in [3.8, 4) is 11.9 Å². The summed E-state index contributed by atoms with van der Waals surface area (Å²) in [6.07, 6.45) is 3.57. The molecule has 1 atom stereocenters. The molecule has 0 saturated carbocycles. The van der Waals surface area contributed by atoms with E-state index in [0.29, 0.717) is 12.2 Å². The van der Waals surface area contributed by atoms with Gasteiger partial charge >= 0.3 is 6.01 Å². The summed E-state index contributed by atoms with van der Waals surface area (Å²) >= 11 is 0. The number of nitrogens with zero attached hydrogens (tertiary/aromatic N) is 5. The third-order valence-corrected chi connectivity index (χ3v) is 5.67. The molecule has 1 fully saturated rings. The average Bonchev–Trinajstić information content (AvgIpc) is 3.37. The van der Waals surface area contributed by atoms with E-state index in [1.165, 1.54) is 10.7 Å². The molecule has 1 aliphatic rings. The number of hydrogen-bond donors (Lipinski definition) is 1. The molecule has 5 rings (SSSR count). The number of aromatic nitrogens is 4. The highest BCUT2D eigenvalue weighted by Crippen LogP contribution is 2.24. The Morgan fingerprint density at radius 1 is 1.23 bits per heavy atom. The quantitative estimate of drug-likeness (QED) is 0.512. The van der Waals surface area contributed by atoms with E-state index in [9.17, 15) is 9.90 Å². The first-order valence-corrected chi connectivity index (χ1v) is 9.92. The Labute approximate surface area is 172 Å². The van der Waals surface area contributed by atoms with Crippen LogP contribution in [0.15, 0.2) is 48.7 Å². The summed E-state index contributed by atoms with van der Waals surface area (Å²) in [5, 5.41) is 16.4. The van der Waals surface area contributed by atoms with E-state index in [-0.39, 0.29) is 35.1 Å². The zero-order valence-electron chi connectivity index (χ0n) is 16.5. The molecular formula is C22H21N5O3. The fourth-order valence-electron chi connectivity index (χ4n) is 3.99. The molecule has 2 aromatic carbocycles. The number of aromatic hydroxyl groups is 1. The topological polar surface area (TPSA) is 92.9 Å². The summed E-state index contributed by atoms with van der Waals surface area (Å²) in [5.41, 5.74) is 0.897. The van der Waals surface area contributed by atoms with E-state index >= 15 is 0 Å². The number of imidazole rings is 1. The van der Waals surface area contributed by atoms with Gasteiger partial charge in [-0.1, -0.05) is 42.5 Å². The number of rotatable bonds is 5. The number of ether oxygens (including phenoxy) is 1. The van der Waals surface area contributed by atoms with Crippen LogP contribution >= 0.6 is 0 Å². The van der Waals surface area contributed by atoms with Crippen molar-refractivity contribution in [3.63, 3.8) is 0 Å². The summed E-state index contributed by atoms with van der Waals surface area (Å²) < 4.78 is 7.05. The first kappa shape index (κ1) is 18.5. The first-order valence-electron chi connectivity index (χ1n) is 9.92. The lowest BCUT2D eigenvalue weighted by atomic mass is 10.0. The van der Waals surface area contributed by atoms with Crippen LogP contribution in [0.3, 0.4) is 0 Å². The van der Waals surface area contributed by atoms with Crippen LogP contribution in [0.2, 0.25) is 0 Å². The number of likely N-dealkylation sites (tertiary alicyclic amines) is 1. The molecule has 1 aliphatic heterocycles.